The molecular formula is C28H19ClN2O4. The molecule has 0 fully saturated rings. The zero-order valence-corrected chi connectivity index (χ0v) is 19.4. The molecule has 0 unspecified atom stereocenters. The summed E-state index contributed by atoms with van der Waals surface area (Å²) in [6.45, 7) is 0. The number of hydrogen-bond acceptors (Lipinski definition) is 5. The van der Waals surface area contributed by atoms with Crippen molar-refractivity contribution in [1.29, 1.82) is 0 Å². The Kier molecular flexibility index (Phi) is 6.04. The highest BCUT2D eigenvalue weighted by Crippen LogP contribution is 2.33. The highest BCUT2D eigenvalue weighted by Gasteiger charge is 2.19. The quantitative estimate of drug-likeness (QED) is 0.277. The summed E-state index contributed by atoms with van der Waals surface area (Å²) in [6, 6.07) is 26.7. The fourth-order valence-corrected chi connectivity index (χ4v) is 4.07. The van der Waals surface area contributed by atoms with Crippen LogP contribution < -0.4 is 5.32 Å². The molecule has 5 aromatic rings. The SMILES string of the molecule is COC(=O)c1ccccc1NC(=O)c1cc(-c2ccc(-c3ccccc3Cl)o2)nc2ccccc12. The predicted octanol–water partition coefficient (Wildman–Crippen LogP) is 6.85. The lowest BCUT2D eigenvalue weighted by molar-refractivity contribution is 0.0602. The maximum Gasteiger partial charge on any atom is 0.339 e. The van der Waals surface area contributed by atoms with E-state index >= 15 is 0 Å². The van der Waals surface area contributed by atoms with Gasteiger partial charge in [0.25, 0.3) is 5.91 Å². The molecule has 0 radical (unpaired) electrons. The number of nitrogens with one attached hydrogen (secondary N) is 1. The fraction of sp³-hybridized carbons (Fsp3) is 0.0357. The highest BCUT2D eigenvalue weighted by molar-refractivity contribution is 6.33. The highest BCUT2D eigenvalue weighted by atomic mass is 35.5. The van der Waals surface area contributed by atoms with Gasteiger partial charge in [0.15, 0.2) is 5.76 Å². The molecule has 1 N–H and O–H groups in total. The van der Waals surface area contributed by atoms with E-state index in [1.54, 1.807) is 42.5 Å². The third-order valence-corrected chi connectivity index (χ3v) is 5.87. The van der Waals surface area contributed by atoms with Crippen LogP contribution in [0.1, 0.15) is 20.7 Å². The molecule has 1 amide bonds. The van der Waals surface area contributed by atoms with E-state index in [0.29, 0.717) is 44.4 Å². The molecule has 0 spiro atoms. The number of fused-ring (bicyclic) bond motifs is 1. The molecule has 0 aliphatic carbocycles. The number of esters is 1. The maximum atomic E-state index is 13.4. The van der Waals surface area contributed by atoms with Gasteiger partial charge >= 0.3 is 5.97 Å². The zero-order valence-electron chi connectivity index (χ0n) is 18.6. The summed E-state index contributed by atoms with van der Waals surface area (Å²) >= 11 is 6.32. The minimum atomic E-state index is -0.538. The third-order valence-electron chi connectivity index (χ3n) is 5.54. The molecule has 0 aliphatic rings. The van der Waals surface area contributed by atoms with Gasteiger partial charge in [0, 0.05) is 10.9 Å². The Bertz CT molecular complexity index is 1570. The molecule has 35 heavy (non-hydrogen) atoms. The lowest BCUT2D eigenvalue weighted by Gasteiger charge is -2.12. The van der Waals surface area contributed by atoms with Crippen molar-refractivity contribution in [1.82, 2.24) is 4.98 Å². The molecule has 0 saturated carbocycles. The van der Waals surface area contributed by atoms with E-state index < -0.39 is 5.97 Å². The summed E-state index contributed by atoms with van der Waals surface area (Å²) < 4.78 is 10.9. The number of pyridine rings is 1. The Morgan fingerprint density at radius 2 is 1.57 bits per heavy atom. The smallest absolute Gasteiger partial charge is 0.339 e. The minimum Gasteiger partial charge on any atom is -0.465 e. The topological polar surface area (TPSA) is 81.4 Å². The number of carbonyl (C=O) groups is 2. The van der Waals surface area contributed by atoms with Crippen molar-refractivity contribution in [2.75, 3.05) is 12.4 Å². The van der Waals surface area contributed by atoms with Crippen molar-refractivity contribution >= 4 is 40.1 Å². The van der Waals surface area contributed by atoms with E-state index in [1.807, 2.05) is 48.5 Å². The van der Waals surface area contributed by atoms with Gasteiger partial charge in [-0.05, 0) is 48.5 Å². The van der Waals surface area contributed by atoms with Crippen LogP contribution in [0.15, 0.2) is 95.4 Å². The Morgan fingerprint density at radius 1 is 0.857 bits per heavy atom. The van der Waals surface area contributed by atoms with Crippen LogP contribution in [0.4, 0.5) is 5.69 Å². The van der Waals surface area contributed by atoms with E-state index in [9.17, 15) is 9.59 Å². The third kappa shape index (κ3) is 4.39. The largest absolute Gasteiger partial charge is 0.465 e. The van der Waals surface area contributed by atoms with Crippen LogP contribution >= 0.6 is 11.6 Å². The molecule has 5 rings (SSSR count). The van der Waals surface area contributed by atoms with Crippen molar-refractivity contribution in [3.8, 4) is 22.8 Å². The average molecular weight is 483 g/mol. The minimum absolute atomic E-state index is 0.261. The molecule has 0 saturated heterocycles. The van der Waals surface area contributed by atoms with Gasteiger partial charge in [-0.3, -0.25) is 4.79 Å². The lowest BCUT2D eigenvalue weighted by atomic mass is 10.1. The molecule has 6 nitrogen and oxygen atoms in total. The molecule has 0 atom stereocenters. The average Bonchev–Trinajstić information content (AvgIpc) is 3.38. The number of anilines is 1. The molecule has 172 valence electrons. The molecule has 0 aliphatic heterocycles. The van der Waals surface area contributed by atoms with E-state index in [4.69, 9.17) is 25.7 Å². The number of para-hydroxylation sites is 2. The molecule has 2 aromatic heterocycles. The van der Waals surface area contributed by atoms with Crippen LogP contribution in [0.5, 0.6) is 0 Å². The fourth-order valence-electron chi connectivity index (χ4n) is 3.84. The number of furan rings is 1. The summed E-state index contributed by atoms with van der Waals surface area (Å²) in [5.41, 5.74) is 2.89. The van der Waals surface area contributed by atoms with Gasteiger partial charge in [-0.1, -0.05) is 54.1 Å². The van der Waals surface area contributed by atoms with Crippen LogP contribution in [-0.4, -0.2) is 24.0 Å². The number of ether oxygens (including phenoxy) is 1. The number of hydrogen-bond donors (Lipinski definition) is 1. The summed E-state index contributed by atoms with van der Waals surface area (Å²) in [7, 11) is 1.30. The van der Waals surface area contributed by atoms with E-state index in [1.165, 1.54) is 7.11 Å². The Hall–Kier alpha value is -4.42. The molecule has 3 aromatic carbocycles. The second-order valence-corrected chi connectivity index (χ2v) is 8.11. The van der Waals surface area contributed by atoms with Crippen LogP contribution in [-0.2, 0) is 4.74 Å². The number of carbonyl (C=O) groups excluding carboxylic acids is 2. The first-order valence-electron chi connectivity index (χ1n) is 10.8. The maximum absolute atomic E-state index is 13.4. The van der Waals surface area contributed by atoms with Crippen LogP contribution in [0, 0.1) is 0 Å². The number of benzene rings is 3. The first-order valence-corrected chi connectivity index (χ1v) is 11.2. The molecule has 7 heteroatoms. The van der Waals surface area contributed by atoms with Crippen molar-refractivity contribution in [3.63, 3.8) is 0 Å². The first-order chi connectivity index (χ1) is 17.0. The molecule has 0 bridgehead atoms. The van der Waals surface area contributed by atoms with Crippen LogP contribution in [0.3, 0.4) is 0 Å². The van der Waals surface area contributed by atoms with E-state index in [2.05, 4.69) is 5.32 Å². The van der Waals surface area contributed by atoms with Crippen LogP contribution in [0.2, 0.25) is 5.02 Å². The van der Waals surface area contributed by atoms with E-state index in [-0.39, 0.29) is 11.5 Å². The number of methoxy groups -OCH3 is 1. The van der Waals surface area contributed by atoms with Gasteiger partial charge in [0.1, 0.15) is 11.5 Å². The van der Waals surface area contributed by atoms with Crippen molar-refractivity contribution in [2.45, 2.75) is 0 Å². The van der Waals surface area contributed by atoms with Crippen LogP contribution in [0.25, 0.3) is 33.7 Å². The number of aromatic nitrogens is 1. The van der Waals surface area contributed by atoms with Crippen molar-refractivity contribution in [2.24, 2.45) is 0 Å². The number of nitrogens with zero attached hydrogens (tertiary/aromatic N) is 1. The van der Waals surface area contributed by atoms with Crippen molar-refractivity contribution in [3.05, 3.63) is 107 Å². The van der Waals surface area contributed by atoms with Gasteiger partial charge in [-0.2, -0.15) is 0 Å². The Morgan fingerprint density at radius 3 is 2.40 bits per heavy atom. The predicted molar refractivity (Wildman–Crippen MR) is 136 cm³/mol. The Labute approximate surface area is 206 Å². The standard InChI is InChI=1S/C28H19ClN2O4/c1-34-28(33)19-10-4-7-13-23(19)31-27(32)20-16-24(30-22-12-6-3-8-17(20)22)26-15-14-25(35-26)18-9-2-5-11-21(18)29/h2-16H,1H3,(H,31,32). The van der Waals surface area contributed by atoms with Gasteiger partial charge in [0.2, 0.25) is 0 Å². The van der Waals surface area contributed by atoms with Gasteiger partial charge in [-0.25, -0.2) is 9.78 Å². The Balaban J connectivity index is 1.56. The summed E-state index contributed by atoms with van der Waals surface area (Å²) in [5.74, 6) is 0.163. The second kappa shape index (κ2) is 9.44. The first kappa shape index (κ1) is 22.4. The second-order valence-electron chi connectivity index (χ2n) is 7.71. The lowest BCUT2D eigenvalue weighted by Crippen LogP contribution is -2.16. The molecule has 2 heterocycles. The number of rotatable bonds is 5. The normalized spacial score (nSPS) is 10.8. The van der Waals surface area contributed by atoms with E-state index in [0.717, 1.165) is 5.56 Å². The van der Waals surface area contributed by atoms with Gasteiger partial charge in [-0.15, -0.1) is 0 Å². The van der Waals surface area contributed by atoms with Crippen molar-refractivity contribution < 1.29 is 18.7 Å². The van der Waals surface area contributed by atoms with Gasteiger partial charge in [0.05, 0.1) is 34.5 Å². The number of halogens is 1. The summed E-state index contributed by atoms with van der Waals surface area (Å²) in [5, 5.41) is 4.08. The summed E-state index contributed by atoms with van der Waals surface area (Å²) in [6.07, 6.45) is 0. The summed E-state index contributed by atoms with van der Waals surface area (Å²) in [4.78, 5) is 30.3. The monoisotopic (exact) mass is 482 g/mol. The zero-order chi connectivity index (χ0) is 24.4. The molecular weight excluding hydrogens is 464 g/mol. The van der Waals surface area contributed by atoms with Gasteiger partial charge < -0.3 is 14.5 Å². The number of amides is 1.